The summed E-state index contributed by atoms with van der Waals surface area (Å²) in [6.45, 7) is 4.84. The molecule has 0 aliphatic heterocycles. The van der Waals surface area contributed by atoms with E-state index < -0.39 is 35.4 Å². The number of ether oxygens (including phenoxy) is 4. The van der Waals surface area contributed by atoms with Gasteiger partial charge in [-0.3, -0.25) is 24.0 Å². The number of aromatic nitrogens is 3. The van der Waals surface area contributed by atoms with Crippen LogP contribution >= 0.6 is 12.4 Å². The van der Waals surface area contributed by atoms with Gasteiger partial charge in [0.25, 0.3) is 11.5 Å². The van der Waals surface area contributed by atoms with Crippen molar-refractivity contribution in [3.63, 3.8) is 0 Å². The minimum absolute atomic E-state index is 0. The first kappa shape index (κ1) is 35.5. The molecule has 12 nitrogen and oxygen atoms in total. The average molecular weight is 680 g/mol. The summed E-state index contributed by atoms with van der Waals surface area (Å²) in [5.74, 6) is -0.941. The van der Waals surface area contributed by atoms with Gasteiger partial charge in [0.1, 0.15) is 23.5 Å². The Hall–Kier alpha value is -5.40. The van der Waals surface area contributed by atoms with Crippen LogP contribution in [-0.2, 0) is 16.1 Å². The van der Waals surface area contributed by atoms with Crippen LogP contribution in [0.5, 0.6) is 23.0 Å². The Bertz CT molecular complexity index is 2010. The van der Waals surface area contributed by atoms with Crippen LogP contribution in [0.15, 0.2) is 77.7 Å². The standard InChI is InChI=1S/C34H34FN5O7.ClH/c1-19(46-34(43)20(2)36)18-39-21(3)31(33(42)40(39)23-9-7-6-8-10-23)32(41)38-22-11-12-28(25(35)15-22)47-27-13-14-37-26-17-30(45-5)29(44-4)16-24(26)27;/h6-17,19-20H,18,36H2,1-5H3,(H,38,41);1H/t19-,20?;/m1./s1. The van der Waals surface area contributed by atoms with Crippen molar-refractivity contribution in [3.8, 4) is 28.7 Å². The second-order valence-electron chi connectivity index (χ2n) is 10.8. The molecule has 0 fully saturated rings. The fraction of sp³-hybridized carbons (Fsp3) is 0.235. The van der Waals surface area contributed by atoms with E-state index in [1.165, 1.54) is 44.2 Å². The number of esters is 1. The highest BCUT2D eigenvalue weighted by atomic mass is 35.5. The fourth-order valence-corrected chi connectivity index (χ4v) is 5.05. The lowest BCUT2D eigenvalue weighted by Gasteiger charge is -2.19. The molecule has 252 valence electrons. The van der Waals surface area contributed by atoms with Gasteiger partial charge < -0.3 is 30.0 Å². The molecule has 0 aliphatic carbocycles. The van der Waals surface area contributed by atoms with Crippen molar-refractivity contribution in [1.29, 1.82) is 0 Å². The maximum atomic E-state index is 15.3. The van der Waals surface area contributed by atoms with Crippen LogP contribution in [0, 0.1) is 12.7 Å². The summed E-state index contributed by atoms with van der Waals surface area (Å²) in [6, 6.07) is 16.8. The molecule has 5 aromatic rings. The number of rotatable bonds is 11. The molecule has 0 aliphatic rings. The second-order valence-corrected chi connectivity index (χ2v) is 10.8. The minimum atomic E-state index is -0.824. The lowest BCUT2D eigenvalue weighted by atomic mass is 10.1. The SMILES string of the molecule is COc1cc2nccc(Oc3ccc(NC(=O)c4c(C)n(C[C@@H](C)OC(=O)C(C)N)n(-c5ccccc5)c4=O)cc3F)c2cc1OC.Cl. The first-order valence-electron chi connectivity index (χ1n) is 14.7. The number of anilines is 1. The topological polar surface area (TPSA) is 149 Å². The molecule has 14 heteroatoms. The third-order valence-corrected chi connectivity index (χ3v) is 7.36. The molecule has 1 unspecified atom stereocenters. The van der Waals surface area contributed by atoms with Gasteiger partial charge in [0.2, 0.25) is 0 Å². The number of para-hydroxylation sites is 1. The zero-order valence-corrected chi connectivity index (χ0v) is 27.7. The molecule has 0 saturated carbocycles. The summed E-state index contributed by atoms with van der Waals surface area (Å²) in [6.07, 6.45) is 0.850. The number of amides is 1. The smallest absolute Gasteiger partial charge is 0.322 e. The highest BCUT2D eigenvalue weighted by molar-refractivity contribution is 6.05. The number of halogens is 2. The van der Waals surface area contributed by atoms with Crippen LogP contribution in [-0.4, -0.2) is 52.6 Å². The van der Waals surface area contributed by atoms with Crippen molar-refractivity contribution in [2.24, 2.45) is 5.73 Å². The summed E-state index contributed by atoms with van der Waals surface area (Å²) >= 11 is 0. The molecule has 48 heavy (non-hydrogen) atoms. The lowest BCUT2D eigenvalue weighted by molar-refractivity contribution is -0.150. The molecular formula is C34H35ClFN5O7. The van der Waals surface area contributed by atoms with Gasteiger partial charge in [-0.2, -0.15) is 0 Å². The third-order valence-electron chi connectivity index (χ3n) is 7.36. The normalized spacial score (nSPS) is 12.1. The van der Waals surface area contributed by atoms with Crippen molar-refractivity contribution in [2.45, 2.75) is 39.5 Å². The Labute approximate surface area is 281 Å². The Kier molecular flexibility index (Phi) is 11.1. The number of fused-ring (bicyclic) bond motifs is 1. The van der Waals surface area contributed by atoms with Crippen molar-refractivity contribution < 1.29 is 32.9 Å². The van der Waals surface area contributed by atoms with E-state index in [0.29, 0.717) is 39.5 Å². The van der Waals surface area contributed by atoms with E-state index in [9.17, 15) is 14.4 Å². The maximum Gasteiger partial charge on any atom is 0.322 e. The first-order valence-corrected chi connectivity index (χ1v) is 14.7. The number of nitrogens with two attached hydrogens (primary N) is 1. The Morgan fingerprint density at radius 3 is 2.29 bits per heavy atom. The van der Waals surface area contributed by atoms with Gasteiger partial charge in [0.15, 0.2) is 23.1 Å². The lowest BCUT2D eigenvalue weighted by Crippen LogP contribution is -2.34. The number of nitrogens with one attached hydrogen (secondary N) is 1. The number of hydrogen-bond acceptors (Lipinski definition) is 9. The summed E-state index contributed by atoms with van der Waals surface area (Å²) in [7, 11) is 3.01. The molecule has 2 heterocycles. The van der Waals surface area contributed by atoms with Crippen molar-refractivity contribution in [1.82, 2.24) is 14.3 Å². The summed E-state index contributed by atoms with van der Waals surface area (Å²) in [5, 5.41) is 3.19. The average Bonchev–Trinajstić information content (AvgIpc) is 3.29. The van der Waals surface area contributed by atoms with Crippen LogP contribution in [0.3, 0.4) is 0 Å². The summed E-state index contributed by atoms with van der Waals surface area (Å²) < 4.78 is 40.3. The van der Waals surface area contributed by atoms with Crippen LogP contribution in [0.1, 0.15) is 29.9 Å². The molecule has 0 bridgehead atoms. The Balaban J connectivity index is 0.00000520. The number of methoxy groups -OCH3 is 2. The monoisotopic (exact) mass is 679 g/mol. The quantitative estimate of drug-likeness (QED) is 0.175. The van der Waals surface area contributed by atoms with Crippen LogP contribution < -0.4 is 30.8 Å². The van der Waals surface area contributed by atoms with Crippen molar-refractivity contribution in [2.75, 3.05) is 19.5 Å². The van der Waals surface area contributed by atoms with E-state index >= 15 is 4.39 Å². The molecule has 5 rings (SSSR count). The largest absolute Gasteiger partial charge is 0.493 e. The second kappa shape index (κ2) is 15.0. The van der Waals surface area contributed by atoms with Crippen molar-refractivity contribution >= 4 is 40.9 Å². The molecule has 0 spiro atoms. The van der Waals surface area contributed by atoms with Gasteiger partial charge in [-0.25, -0.2) is 9.07 Å². The van der Waals surface area contributed by atoms with E-state index in [0.717, 1.165) is 6.07 Å². The predicted molar refractivity (Wildman–Crippen MR) is 180 cm³/mol. The van der Waals surface area contributed by atoms with E-state index in [1.807, 2.05) is 0 Å². The molecule has 2 atom stereocenters. The van der Waals surface area contributed by atoms with Crippen molar-refractivity contribution in [3.05, 3.63) is 100 Å². The zero-order chi connectivity index (χ0) is 33.8. The minimum Gasteiger partial charge on any atom is -0.493 e. The van der Waals surface area contributed by atoms with Gasteiger partial charge in [-0.05, 0) is 57.2 Å². The molecule has 1 amide bonds. The van der Waals surface area contributed by atoms with E-state index in [4.69, 9.17) is 24.7 Å². The molecule has 0 radical (unpaired) electrons. The van der Waals surface area contributed by atoms with Crippen LogP contribution in [0.2, 0.25) is 0 Å². The van der Waals surface area contributed by atoms with E-state index in [1.54, 1.807) is 67.1 Å². The van der Waals surface area contributed by atoms with E-state index in [2.05, 4.69) is 10.3 Å². The first-order chi connectivity index (χ1) is 22.5. The number of hydrogen-bond donors (Lipinski definition) is 2. The van der Waals surface area contributed by atoms with Crippen LogP contribution in [0.25, 0.3) is 16.6 Å². The van der Waals surface area contributed by atoms with Gasteiger partial charge in [0.05, 0.1) is 37.7 Å². The molecule has 0 saturated heterocycles. The Morgan fingerprint density at radius 2 is 1.65 bits per heavy atom. The summed E-state index contributed by atoms with van der Waals surface area (Å²) in [5.41, 5.74) is 6.34. The number of nitrogens with zero attached hydrogens (tertiary/aromatic N) is 3. The predicted octanol–water partition coefficient (Wildman–Crippen LogP) is 5.40. The number of pyridine rings is 1. The number of carbonyl (C=O) groups is 2. The molecule has 3 aromatic carbocycles. The van der Waals surface area contributed by atoms with Gasteiger partial charge >= 0.3 is 5.97 Å². The van der Waals surface area contributed by atoms with Gasteiger partial charge in [0, 0.05) is 29.4 Å². The van der Waals surface area contributed by atoms with Crippen LogP contribution in [0.4, 0.5) is 10.1 Å². The van der Waals surface area contributed by atoms with E-state index in [-0.39, 0.29) is 36.0 Å². The highest BCUT2D eigenvalue weighted by Crippen LogP contribution is 2.37. The Morgan fingerprint density at radius 1 is 0.958 bits per heavy atom. The molecule has 2 aromatic heterocycles. The zero-order valence-electron chi connectivity index (χ0n) is 26.9. The highest BCUT2D eigenvalue weighted by Gasteiger charge is 2.26. The number of benzene rings is 3. The maximum absolute atomic E-state index is 15.3. The van der Waals surface area contributed by atoms with Gasteiger partial charge in [-0.1, -0.05) is 18.2 Å². The fourth-order valence-electron chi connectivity index (χ4n) is 5.05. The molecular weight excluding hydrogens is 645 g/mol. The van der Waals surface area contributed by atoms with Gasteiger partial charge in [-0.15, -0.1) is 12.4 Å². The molecule has 3 N–H and O–H groups in total. The third kappa shape index (κ3) is 7.27. The number of carbonyl (C=O) groups excluding carboxylic acids is 2. The summed E-state index contributed by atoms with van der Waals surface area (Å²) in [4.78, 5) is 43.7.